The number of rotatable bonds is 2. The van der Waals surface area contributed by atoms with Gasteiger partial charge >= 0.3 is 0 Å². The van der Waals surface area contributed by atoms with E-state index < -0.39 is 0 Å². The van der Waals surface area contributed by atoms with Gasteiger partial charge in [-0.2, -0.15) is 0 Å². The molecule has 0 aliphatic carbocycles. The minimum Gasteiger partial charge on any atom is -0.507 e. The third-order valence-corrected chi connectivity index (χ3v) is 3.57. The number of hydrogen-bond acceptors (Lipinski definition) is 3. The van der Waals surface area contributed by atoms with Crippen LogP contribution in [0.2, 0.25) is 0 Å². The molecule has 0 amide bonds. The lowest BCUT2D eigenvalue weighted by molar-refractivity contribution is 0.472. The van der Waals surface area contributed by atoms with Gasteiger partial charge < -0.3 is 10.5 Å². The summed E-state index contributed by atoms with van der Waals surface area (Å²) < 4.78 is 0. The fraction of sp³-hybridized carbons (Fsp3) is 0.176. The van der Waals surface area contributed by atoms with Crippen molar-refractivity contribution in [1.82, 2.24) is 10.9 Å². The third-order valence-electron chi connectivity index (χ3n) is 3.57. The molecule has 1 aliphatic rings. The molecule has 3 N–H and O–H groups in total. The molecule has 0 radical (unpaired) electrons. The monoisotopic (exact) mass is 266 g/mol. The summed E-state index contributed by atoms with van der Waals surface area (Å²) in [7, 11) is 0. The number of hydrogen-bond donors (Lipinski definition) is 3. The predicted molar refractivity (Wildman–Crippen MR) is 81.0 cm³/mol. The van der Waals surface area contributed by atoms with Crippen molar-refractivity contribution in [2.24, 2.45) is 0 Å². The highest BCUT2D eigenvalue weighted by Crippen LogP contribution is 2.29. The van der Waals surface area contributed by atoms with Crippen molar-refractivity contribution in [3.8, 4) is 5.75 Å². The summed E-state index contributed by atoms with van der Waals surface area (Å²) >= 11 is 0. The Balaban J connectivity index is 1.91. The summed E-state index contributed by atoms with van der Waals surface area (Å²) in [5, 5.41) is 9.98. The summed E-state index contributed by atoms with van der Waals surface area (Å²) in [6.45, 7) is 4.10. The molecule has 0 saturated heterocycles. The topological polar surface area (TPSA) is 44.3 Å². The van der Waals surface area contributed by atoms with E-state index in [0.717, 1.165) is 16.8 Å². The second kappa shape index (κ2) is 5.02. The molecule has 2 aromatic carbocycles. The number of benzene rings is 2. The van der Waals surface area contributed by atoms with E-state index in [1.54, 1.807) is 6.07 Å². The van der Waals surface area contributed by atoms with E-state index in [4.69, 9.17) is 0 Å². The predicted octanol–water partition coefficient (Wildman–Crippen LogP) is 3.20. The number of aromatic hydroxyl groups is 1. The fourth-order valence-electron chi connectivity index (χ4n) is 2.38. The van der Waals surface area contributed by atoms with Gasteiger partial charge in [0, 0.05) is 5.56 Å². The summed E-state index contributed by atoms with van der Waals surface area (Å²) in [6, 6.07) is 14.2. The summed E-state index contributed by atoms with van der Waals surface area (Å²) in [5.41, 5.74) is 11.7. The van der Waals surface area contributed by atoms with Crippen LogP contribution >= 0.6 is 0 Å². The average Bonchev–Trinajstić information content (AvgIpc) is 2.92. The second-order valence-electron chi connectivity index (χ2n) is 5.26. The highest BCUT2D eigenvalue weighted by Gasteiger charge is 2.19. The Labute approximate surface area is 118 Å². The molecule has 102 valence electrons. The molecular weight excluding hydrogens is 248 g/mol. The van der Waals surface area contributed by atoms with Crippen molar-refractivity contribution in [1.29, 1.82) is 0 Å². The van der Waals surface area contributed by atoms with E-state index >= 15 is 0 Å². The van der Waals surface area contributed by atoms with Crippen LogP contribution < -0.4 is 10.9 Å². The van der Waals surface area contributed by atoms with Crippen molar-refractivity contribution in [3.05, 3.63) is 70.8 Å². The largest absolute Gasteiger partial charge is 0.507 e. The SMILES string of the molecule is Cc1ccc([C@@H]2C=C(c3cc(C)ccc3O)NN2)cc1. The first kappa shape index (κ1) is 12.8. The zero-order chi connectivity index (χ0) is 14.1. The maximum atomic E-state index is 9.98. The summed E-state index contributed by atoms with van der Waals surface area (Å²) in [4.78, 5) is 0. The van der Waals surface area contributed by atoms with Crippen molar-refractivity contribution < 1.29 is 5.11 Å². The van der Waals surface area contributed by atoms with Crippen molar-refractivity contribution in [2.45, 2.75) is 19.9 Å². The number of phenols is 1. The molecule has 3 nitrogen and oxygen atoms in total. The van der Waals surface area contributed by atoms with E-state index in [1.165, 1.54) is 11.1 Å². The van der Waals surface area contributed by atoms with Crippen molar-refractivity contribution in [3.63, 3.8) is 0 Å². The van der Waals surface area contributed by atoms with Crippen LogP contribution in [0.3, 0.4) is 0 Å². The molecular formula is C17H18N2O. The van der Waals surface area contributed by atoms with Gasteiger partial charge in [-0.05, 0) is 37.6 Å². The number of phenolic OH excluding ortho intramolecular Hbond substituents is 1. The Kier molecular flexibility index (Phi) is 3.20. The lowest BCUT2D eigenvalue weighted by atomic mass is 10.0. The quantitative estimate of drug-likeness (QED) is 0.782. The van der Waals surface area contributed by atoms with Crippen LogP contribution in [-0.2, 0) is 0 Å². The van der Waals surface area contributed by atoms with Crippen LogP contribution in [0.15, 0.2) is 48.5 Å². The average molecular weight is 266 g/mol. The van der Waals surface area contributed by atoms with E-state index in [1.807, 2.05) is 19.1 Å². The molecule has 0 spiro atoms. The van der Waals surface area contributed by atoms with Crippen LogP contribution in [-0.4, -0.2) is 5.11 Å². The molecule has 0 unspecified atom stereocenters. The van der Waals surface area contributed by atoms with Crippen LogP contribution in [0.25, 0.3) is 5.70 Å². The van der Waals surface area contributed by atoms with Gasteiger partial charge in [-0.3, -0.25) is 0 Å². The number of hydrazine groups is 1. The zero-order valence-corrected chi connectivity index (χ0v) is 11.6. The molecule has 1 atom stereocenters. The Hall–Kier alpha value is -2.26. The molecule has 20 heavy (non-hydrogen) atoms. The Morgan fingerprint density at radius 2 is 1.65 bits per heavy atom. The first-order chi connectivity index (χ1) is 9.63. The summed E-state index contributed by atoms with van der Waals surface area (Å²) in [5.74, 6) is 0.292. The molecule has 3 rings (SSSR count). The molecule has 0 fully saturated rings. The van der Waals surface area contributed by atoms with Gasteiger partial charge in [0.25, 0.3) is 0 Å². The standard InChI is InChI=1S/C17H18N2O/c1-11-3-6-13(7-4-11)15-10-16(19-18-15)14-9-12(2)5-8-17(14)20/h3-10,15,18-20H,1-2H3/t15-/m0/s1. The fourth-order valence-corrected chi connectivity index (χ4v) is 2.38. The minimum absolute atomic E-state index is 0.116. The van der Waals surface area contributed by atoms with Crippen molar-refractivity contribution in [2.75, 3.05) is 0 Å². The van der Waals surface area contributed by atoms with Crippen molar-refractivity contribution >= 4 is 5.70 Å². The maximum absolute atomic E-state index is 9.98. The van der Waals surface area contributed by atoms with Gasteiger partial charge in [0.1, 0.15) is 5.75 Å². The Morgan fingerprint density at radius 1 is 0.950 bits per heavy atom. The zero-order valence-electron chi connectivity index (χ0n) is 11.6. The Bertz CT molecular complexity index is 659. The van der Waals surface area contributed by atoms with Gasteiger partial charge in [-0.25, -0.2) is 5.43 Å². The van der Waals surface area contributed by atoms with Gasteiger partial charge in [-0.1, -0.05) is 41.5 Å². The second-order valence-corrected chi connectivity index (χ2v) is 5.26. The Morgan fingerprint density at radius 3 is 2.40 bits per heavy atom. The van der Waals surface area contributed by atoms with Gasteiger partial charge in [0.2, 0.25) is 0 Å². The van der Waals surface area contributed by atoms with E-state index in [0.29, 0.717) is 5.75 Å². The van der Waals surface area contributed by atoms with E-state index in [-0.39, 0.29) is 6.04 Å². The first-order valence-corrected chi connectivity index (χ1v) is 6.73. The smallest absolute Gasteiger partial charge is 0.124 e. The van der Waals surface area contributed by atoms with E-state index in [2.05, 4.69) is 48.1 Å². The first-order valence-electron chi connectivity index (χ1n) is 6.73. The number of aryl methyl sites for hydroxylation is 2. The van der Waals surface area contributed by atoms with Crippen LogP contribution in [0.1, 0.15) is 28.3 Å². The van der Waals surface area contributed by atoms with Gasteiger partial charge in [-0.15, -0.1) is 0 Å². The highest BCUT2D eigenvalue weighted by molar-refractivity contribution is 5.71. The molecule has 0 bridgehead atoms. The number of nitrogens with one attached hydrogen (secondary N) is 2. The maximum Gasteiger partial charge on any atom is 0.124 e. The molecule has 1 aliphatic heterocycles. The minimum atomic E-state index is 0.116. The highest BCUT2D eigenvalue weighted by atomic mass is 16.3. The lowest BCUT2D eigenvalue weighted by Crippen LogP contribution is -2.26. The summed E-state index contributed by atoms with van der Waals surface area (Å²) in [6.07, 6.45) is 2.10. The lowest BCUT2D eigenvalue weighted by Gasteiger charge is -2.09. The van der Waals surface area contributed by atoms with Gasteiger partial charge in [0.05, 0.1) is 11.7 Å². The molecule has 0 aromatic heterocycles. The van der Waals surface area contributed by atoms with Crippen LogP contribution in [0.4, 0.5) is 0 Å². The van der Waals surface area contributed by atoms with Crippen LogP contribution in [0, 0.1) is 13.8 Å². The molecule has 2 aromatic rings. The van der Waals surface area contributed by atoms with E-state index in [9.17, 15) is 5.11 Å². The normalized spacial score (nSPS) is 17.7. The molecule has 0 saturated carbocycles. The molecule has 1 heterocycles. The van der Waals surface area contributed by atoms with Gasteiger partial charge in [0.15, 0.2) is 0 Å². The van der Waals surface area contributed by atoms with Crippen LogP contribution in [0.5, 0.6) is 5.75 Å². The third kappa shape index (κ3) is 2.40. The molecule has 3 heteroatoms.